The van der Waals surface area contributed by atoms with Gasteiger partial charge in [-0.3, -0.25) is 0 Å². The molecule has 4 aliphatic rings. The van der Waals surface area contributed by atoms with Gasteiger partial charge in [0.25, 0.3) is 0 Å². The SMILES string of the molecule is NC(CO)C12CC3CC(CC(C3)C1)C2.[Cl-]. The first-order valence-corrected chi connectivity index (χ1v) is 6.08. The maximum absolute atomic E-state index is 9.27. The van der Waals surface area contributed by atoms with Crippen molar-refractivity contribution in [3.8, 4) is 0 Å². The van der Waals surface area contributed by atoms with Crippen LogP contribution in [0, 0.1) is 23.2 Å². The minimum atomic E-state index is 0. The Morgan fingerprint density at radius 1 is 1.07 bits per heavy atom. The van der Waals surface area contributed by atoms with Crippen LogP contribution >= 0.6 is 0 Å². The Morgan fingerprint density at radius 3 is 1.80 bits per heavy atom. The van der Waals surface area contributed by atoms with Gasteiger partial charge in [0.2, 0.25) is 0 Å². The number of aliphatic hydroxyl groups is 1. The van der Waals surface area contributed by atoms with Gasteiger partial charge < -0.3 is 23.2 Å². The van der Waals surface area contributed by atoms with E-state index in [1.54, 1.807) is 0 Å². The van der Waals surface area contributed by atoms with E-state index in [4.69, 9.17) is 5.73 Å². The van der Waals surface area contributed by atoms with E-state index in [2.05, 4.69) is 0 Å². The van der Waals surface area contributed by atoms with E-state index >= 15 is 0 Å². The Hall–Kier alpha value is 0.210. The van der Waals surface area contributed by atoms with Gasteiger partial charge in [-0.1, -0.05) is 0 Å². The summed E-state index contributed by atoms with van der Waals surface area (Å²) < 4.78 is 0. The number of hydrogen-bond donors (Lipinski definition) is 2. The first-order chi connectivity index (χ1) is 6.72. The van der Waals surface area contributed by atoms with Gasteiger partial charge >= 0.3 is 0 Å². The van der Waals surface area contributed by atoms with Gasteiger partial charge in [0.1, 0.15) is 0 Å². The van der Waals surface area contributed by atoms with Gasteiger partial charge in [-0.15, -0.1) is 0 Å². The van der Waals surface area contributed by atoms with Crippen molar-refractivity contribution in [2.45, 2.75) is 44.6 Å². The summed E-state index contributed by atoms with van der Waals surface area (Å²) in [5.41, 5.74) is 6.46. The van der Waals surface area contributed by atoms with Crippen LogP contribution in [0.25, 0.3) is 0 Å². The van der Waals surface area contributed by atoms with E-state index in [1.807, 2.05) is 0 Å². The van der Waals surface area contributed by atoms with Crippen LogP contribution in [0.4, 0.5) is 0 Å². The Labute approximate surface area is 98.0 Å². The predicted molar refractivity (Wildman–Crippen MR) is 55.7 cm³/mol. The van der Waals surface area contributed by atoms with E-state index in [-0.39, 0.29) is 25.1 Å². The predicted octanol–water partition coefficient (Wildman–Crippen LogP) is -1.47. The summed E-state index contributed by atoms with van der Waals surface area (Å²) >= 11 is 0. The van der Waals surface area contributed by atoms with Gasteiger partial charge in [0.15, 0.2) is 0 Å². The Kier molecular flexibility index (Phi) is 3.04. The normalized spacial score (nSPS) is 48.8. The van der Waals surface area contributed by atoms with Gasteiger partial charge in [-0.2, -0.15) is 0 Å². The smallest absolute Gasteiger partial charge is 0.0587 e. The minimum Gasteiger partial charge on any atom is -1.00 e. The molecule has 0 radical (unpaired) electrons. The Morgan fingerprint density at radius 2 is 1.47 bits per heavy atom. The van der Waals surface area contributed by atoms with Crippen molar-refractivity contribution in [2.75, 3.05) is 6.61 Å². The highest BCUT2D eigenvalue weighted by Crippen LogP contribution is 2.60. The van der Waals surface area contributed by atoms with Crippen molar-refractivity contribution in [1.82, 2.24) is 0 Å². The molecule has 0 spiro atoms. The maximum Gasteiger partial charge on any atom is 0.0587 e. The van der Waals surface area contributed by atoms with Crippen LogP contribution < -0.4 is 18.1 Å². The fourth-order valence-corrected chi connectivity index (χ4v) is 4.83. The molecular weight excluding hydrogens is 210 g/mol. The summed E-state index contributed by atoms with van der Waals surface area (Å²) in [6.45, 7) is 0.187. The Bertz CT molecular complexity index is 208. The third-order valence-corrected chi connectivity index (χ3v) is 5.07. The third-order valence-electron chi connectivity index (χ3n) is 5.07. The van der Waals surface area contributed by atoms with Crippen molar-refractivity contribution < 1.29 is 17.5 Å². The van der Waals surface area contributed by atoms with Crippen molar-refractivity contribution in [3.05, 3.63) is 0 Å². The summed E-state index contributed by atoms with van der Waals surface area (Å²) in [5, 5.41) is 9.27. The minimum absolute atomic E-state index is 0. The highest BCUT2D eigenvalue weighted by molar-refractivity contribution is 5.05. The second-order valence-electron chi connectivity index (χ2n) is 6.07. The van der Waals surface area contributed by atoms with Gasteiger partial charge in [-0.05, 0) is 61.7 Å². The lowest BCUT2D eigenvalue weighted by atomic mass is 9.48. The van der Waals surface area contributed by atoms with Crippen molar-refractivity contribution in [1.29, 1.82) is 0 Å². The monoisotopic (exact) mass is 230 g/mol. The van der Waals surface area contributed by atoms with Crippen molar-refractivity contribution in [3.63, 3.8) is 0 Å². The molecule has 1 atom stereocenters. The largest absolute Gasteiger partial charge is 1.00 e. The molecule has 0 aliphatic heterocycles. The molecule has 15 heavy (non-hydrogen) atoms. The number of halogens is 1. The molecule has 88 valence electrons. The number of aliphatic hydroxyl groups excluding tert-OH is 1. The molecule has 0 aromatic heterocycles. The summed E-state index contributed by atoms with van der Waals surface area (Å²) in [6, 6.07) is 0.0518. The molecular formula is C12H21ClNO-. The molecule has 0 aromatic carbocycles. The second kappa shape index (κ2) is 3.90. The van der Waals surface area contributed by atoms with E-state index in [0.717, 1.165) is 17.8 Å². The fourth-order valence-electron chi connectivity index (χ4n) is 4.83. The van der Waals surface area contributed by atoms with Gasteiger partial charge in [0, 0.05) is 6.04 Å². The van der Waals surface area contributed by atoms with Gasteiger partial charge in [0.05, 0.1) is 6.61 Å². The van der Waals surface area contributed by atoms with Crippen LogP contribution in [0.5, 0.6) is 0 Å². The highest BCUT2D eigenvalue weighted by atomic mass is 35.5. The lowest BCUT2D eigenvalue weighted by Gasteiger charge is -2.58. The van der Waals surface area contributed by atoms with Crippen molar-refractivity contribution >= 4 is 0 Å². The zero-order valence-electron chi connectivity index (χ0n) is 9.16. The summed E-state index contributed by atoms with van der Waals surface area (Å²) in [5.74, 6) is 2.83. The zero-order valence-corrected chi connectivity index (χ0v) is 9.92. The number of rotatable bonds is 2. The second-order valence-corrected chi connectivity index (χ2v) is 6.07. The average Bonchev–Trinajstić information content (AvgIpc) is 2.14. The molecule has 0 aromatic rings. The zero-order chi connectivity index (χ0) is 9.76. The lowest BCUT2D eigenvalue weighted by Crippen LogP contribution is -3.00. The van der Waals surface area contributed by atoms with Crippen LogP contribution in [0.1, 0.15) is 38.5 Å². The van der Waals surface area contributed by atoms with Crippen LogP contribution in [0.3, 0.4) is 0 Å². The van der Waals surface area contributed by atoms with E-state index < -0.39 is 0 Å². The van der Waals surface area contributed by atoms with E-state index in [0.29, 0.717) is 5.41 Å². The molecule has 4 rings (SSSR count). The van der Waals surface area contributed by atoms with Crippen LogP contribution in [0.2, 0.25) is 0 Å². The molecule has 2 nitrogen and oxygen atoms in total. The fraction of sp³-hybridized carbons (Fsp3) is 1.00. The standard InChI is InChI=1S/C12H21NO.ClH/c13-11(7-14)12-4-8-1-9(5-12)3-10(2-8)6-12;/h8-11,14H,1-7,13H2;1H/p-1. The quantitative estimate of drug-likeness (QED) is 0.609. The molecule has 4 saturated carbocycles. The molecule has 3 heteroatoms. The topological polar surface area (TPSA) is 46.2 Å². The first kappa shape index (κ1) is 11.7. The summed E-state index contributed by atoms with van der Waals surface area (Å²) in [7, 11) is 0. The average molecular weight is 231 g/mol. The molecule has 4 fully saturated rings. The number of nitrogens with two attached hydrogens (primary N) is 1. The summed E-state index contributed by atoms with van der Waals surface area (Å²) in [6.07, 6.45) is 8.29. The van der Waals surface area contributed by atoms with E-state index in [1.165, 1.54) is 38.5 Å². The molecule has 0 saturated heterocycles. The molecule has 3 N–H and O–H groups in total. The first-order valence-electron chi connectivity index (χ1n) is 6.08. The molecule has 4 aliphatic carbocycles. The molecule has 4 bridgehead atoms. The van der Waals surface area contributed by atoms with Crippen molar-refractivity contribution in [2.24, 2.45) is 28.9 Å². The third kappa shape index (κ3) is 1.71. The molecule has 0 amide bonds. The summed E-state index contributed by atoms with van der Waals surface area (Å²) in [4.78, 5) is 0. The maximum atomic E-state index is 9.27. The lowest BCUT2D eigenvalue weighted by molar-refractivity contribution is -0.0747. The number of hydrogen-bond acceptors (Lipinski definition) is 2. The van der Waals surface area contributed by atoms with E-state index in [9.17, 15) is 5.11 Å². The molecule has 1 unspecified atom stereocenters. The van der Waals surface area contributed by atoms with Crippen LogP contribution in [0.15, 0.2) is 0 Å². The van der Waals surface area contributed by atoms with Gasteiger partial charge in [-0.25, -0.2) is 0 Å². The Balaban J connectivity index is 0.000000853. The van der Waals surface area contributed by atoms with Crippen LogP contribution in [-0.2, 0) is 0 Å². The highest BCUT2D eigenvalue weighted by Gasteiger charge is 2.53. The molecule has 0 heterocycles. The van der Waals surface area contributed by atoms with Crippen LogP contribution in [-0.4, -0.2) is 17.8 Å².